The van der Waals surface area contributed by atoms with Crippen molar-refractivity contribution in [2.24, 2.45) is 5.92 Å². The first-order valence-electron chi connectivity index (χ1n) is 8.99. The van der Waals surface area contributed by atoms with Crippen LogP contribution in [0.4, 0.5) is 0 Å². The van der Waals surface area contributed by atoms with Crippen LogP contribution in [0.5, 0.6) is 0 Å². The van der Waals surface area contributed by atoms with E-state index in [1.165, 1.54) is 38.5 Å². The molecule has 0 aliphatic rings. The van der Waals surface area contributed by atoms with Gasteiger partial charge in [0.1, 0.15) is 0 Å². The lowest BCUT2D eigenvalue weighted by atomic mass is 9.95. The van der Waals surface area contributed by atoms with Crippen molar-refractivity contribution in [1.29, 1.82) is 0 Å². The highest BCUT2D eigenvalue weighted by molar-refractivity contribution is 5.67. The van der Waals surface area contributed by atoms with Crippen LogP contribution in [-0.4, -0.2) is 22.2 Å². The highest BCUT2D eigenvalue weighted by atomic mass is 16.4. The minimum Gasteiger partial charge on any atom is -0.481 e. The van der Waals surface area contributed by atoms with Gasteiger partial charge in [0, 0.05) is 12.8 Å². The molecule has 0 aliphatic carbocycles. The number of carboxylic acid groups (broad SMARTS) is 2. The molecule has 4 heteroatoms. The maximum Gasteiger partial charge on any atom is 0.303 e. The Morgan fingerprint density at radius 3 is 1.59 bits per heavy atom. The number of unbranched alkanes of at least 4 members (excludes halogenated alkanes) is 9. The molecule has 0 saturated carbocycles. The van der Waals surface area contributed by atoms with Crippen LogP contribution in [0.1, 0.15) is 96.8 Å². The van der Waals surface area contributed by atoms with Crippen LogP contribution in [0, 0.1) is 5.92 Å². The summed E-state index contributed by atoms with van der Waals surface area (Å²) in [6.45, 7) is 2.07. The van der Waals surface area contributed by atoms with Crippen LogP contribution in [0.3, 0.4) is 0 Å². The maximum atomic E-state index is 10.7. The van der Waals surface area contributed by atoms with E-state index in [-0.39, 0.29) is 0 Å². The zero-order chi connectivity index (χ0) is 16.6. The lowest BCUT2D eigenvalue weighted by molar-refractivity contribution is -0.138. The van der Waals surface area contributed by atoms with Gasteiger partial charge in [-0.15, -0.1) is 0 Å². The molecule has 0 bridgehead atoms. The third kappa shape index (κ3) is 15.3. The van der Waals surface area contributed by atoms with Crippen LogP contribution in [0.15, 0.2) is 0 Å². The third-order valence-electron chi connectivity index (χ3n) is 4.29. The molecule has 0 heterocycles. The van der Waals surface area contributed by atoms with Crippen LogP contribution in [-0.2, 0) is 9.59 Å². The molecule has 0 aromatic carbocycles. The highest BCUT2D eigenvalue weighted by Gasteiger charge is 2.10. The molecule has 1 unspecified atom stereocenters. The zero-order valence-corrected chi connectivity index (χ0v) is 14.2. The summed E-state index contributed by atoms with van der Waals surface area (Å²) in [5.41, 5.74) is 0. The summed E-state index contributed by atoms with van der Waals surface area (Å²) in [4.78, 5) is 21.0. The van der Waals surface area contributed by atoms with Crippen molar-refractivity contribution in [2.75, 3.05) is 0 Å². The van der Waals surface area contributed by atoms with Gasteiger partial charge in [0.05, 0.1) is 0 Å². The smallest absolute Gasteiger partial charge is 0.303 e. The van der Waals surface area contributed by atoms with E-state index in [1.807, 2.05) is 0 Å². The van der Waals surface area contributed by atoms with Gasteiger partial charge in [-0.1, -0.05) is 71.1 Å². The summed E-state index contributed by atoms with van der Waals surface area (Å²) in [5.74, 6) is -1.01. The maximum absolute atomic E-state index is 10.7. The quantitative estimate of drug-likeness (QED) is 0.381. The van der Waals surface area contributed by atoms with E-state index in [2.05, 4.69) is 6.92 Å². The molecular weight excluding hydrogens is 280 g/mol. The molecule has 1 atom stereocenters. The first-order chi connectivity index (χ1) is 10.6. The van der Waals surface area contributed by atoms with Crippen molar-refractivity contribution in [3.8, 4) is 0 Å². The normalized spacial score (nSPS) is 12.2. The molecule has 22 heavy (non-hydrogen) atoms. The number of hydrogen-bond donors (Lipinski definition) is 2. The van der Waals surface area contributed by atoms with Crippen LogP contribution in [0.25, 0.3) is 0 Å². The summed E-state index contributed by atoms with van der Waals surface area (Å²) in [7, 11) is 0. The van der Waals surface area contributed by atoms with Crippen LogP contribution >= 0.6 is 0 Å². The average Bonchev–Trinajstić information content (AvgIpc) is 2.46. The van der Waals surface area contributed by atoms with Crippen molar-refractivity contribution in [2.45, 2.75) is 96.8 Å². The Bertz CT molecular complexity index is 289. The van der Waals surface area contributed by atoms with Gasteiger partial charge in [0.2, 0.25) is 0 Å². The van der Waals surface area contributed by atoms with E-state index < -0.39 is 11.9 Å². The second kappa shape index (κ2) is 14.9. The van der Waals surface area contributed by atoms with Gasteiger partial charge < -0.3 is 10.2 Å². The van der Waals surface area contributed by atoms with Gasteiger partial charge in [-0.05, 0) is 18.8 Å². The number of rotatable bonds is 16. The lowest BCUT2D eigenvalue weighted by Gasteiger charge is -2.11. The molecule has 0 saturated heterocycles. The minimum absolute atomic E-state index is 0.306. The van der Waals surface area contributed by atoms with E-state index in [0.29, 0.717) is 18.8 Å². The van der Waals surface area contributed by atoms with E-state index in [4.69, 9.17) is 10.2 Å². The molecule has 0 aliphatic heterocycles. The second-order valence-corrected chi connectivity index (χ2v) is 6.34. The minimum atomic E-state index is -0.686. The van der Waals surface area contributed by atoms with E-state index in [0.717, 1.165) is 38.5 Å². The number of hydrogen-bond acceptors (Lipinski definition) is 2. The SMILES string of the molecule is CCC(CCCCCCCCCCCCC(=O)O)CC(=O)O. The molecule has 0 aromatic rings. The zero-order valence-electron chi connectivity index (χ0n) is 14.2. The molecule has 130 valence electrons. The fraction of sp³-hybridized carbons (Fsp3) is 0.889. The first kappa shape index (κ1) is 20.9. The van der Waals surface area contributed by atoms with E-state index in [9.17, 15) is 9.59 Å². The van der Waals surface area contributed by atoms with Crippen molar-refractivity contribution in [3.05, 3.63) is 0 Å². The van der Waals surface area contributed by atoms with Crippen molar-refractivity contribution < 1.29 is 19.8 Å². The van der Waals surface area contributed by atoms with Gasteiger partial charge in [-0.3, -0.25) is 9.59 Å². The monoisotopic (exact) mass is 314 g/mol. The summed E-state index contributed by atoms with van der Waals surface area (Å²) in [5, 5.41) is 17.3. The number of carboxylic acids is 2. The van der Waals surface area contributed by atoms with Gasteiger partial charge >= 0.3 is 11.9 Å². The second-order valence-electron chi connectivity index (χ2n) is 6.34. The Kier molecular flexibility index (Phi) is 14.1. The summed E-state index contributed by atoms with van der Waals surface area (Å²) < 4.78 is 0. The Morgan fingerprint density at radius 2 is 1.18 bits per heavy atom. The first-order valence-corrected chi connectivity index (χ1v) is 8.99. The van der Waals surface area contributed by atoms with Crippen molar-refractivity contribution in [3.63, 3.8) is 0 Å². The molecule has 0 rings (SSSR count). The number of carbonyl (C=O) groups is 2. The van der Waals surface area contributed by atoms with Gasteiger partial charge in [0.25, 0.3) is 0 Å². The van der Waals surface area contributed by atoms with Gasteiger partial charge in [-0.2, -0.15) is 0 Å². The Labute approximate surface area is 135 Å². The summed E-state index contributed by atoms with van der Waals surface area (Å²) >= 11 is 0. The molecular formula is C18H34O4. The van der Waals surface area contributed by atoms with Crippen molar-refractivity contribution >= 4 is 11.9 Å². The average molecular weight is 314 g/mol. The fourth-order valence-corrected chi connectivity index (χ4v) is 2.82. The van der Waals surface area contributed by atoms with E-state index >= 15 is 0 Å². The molecule has 2 N–H and O–H groups in total. The molecule has 0 spiro atoms. The lowest BCUT2D eigenvalue weighted by Crippen LogP contribution is -2.06. The Balaban J connectivity index is 3.23. The van der Waals surface area contributed by atoms with Crippen molar-refractivity contribution in [1.82, 2.24) is 0 Å². The third-order valence-corrected chi connectivity index (χ3v) is 4.29. The van der Waals surface area contributed by atoms with Crippen LogP contribution < -0.4 is 0 Å². The highest BCUT2D eigenvalue weighted by Crippen LogP contribution is 2.18. The predicted molar refractivity (Wildman–Crippen MR) is 89.1 cm³/mol. The van der Waals surface area contributed by atoms with Crippen LogP contribution in [0.2, 0.25) is 0 Å². The standard InChI is InChI=1S/C18H34O4/c1-2-16(15-18(21)22)13-11-9-7-5-3-4-6-8-10-12-14-17(19)20/h16H,2-15H2,1H3,(H,19,20)(H,21,22). The summed E-state index contributed by atoms with van der Waals surface area (Å²) in [6.07, 6.45) is 14.3. The van der Waals surface area contributed by atoms with Gasteiger partial charge in [-0.25, -0.2) is 0 Å². The Hall–Kier alpha value is -1.06. The molecule has 0 amide bonds. The Morgan fingerprint density at radius 1 is 0.727 bits per heavy atom. The predicted octanol–water partition coefficient (Wildman–Crippen LogP) is 5.25. The largest absolute Gasteiger partial charge is 0.481 e. The molecule has 0 aromatic heterocycles. The van der Waals surface area contributed by atoms with E-state index in [1.54, 1.807) is 0 Å². The molecule has 4 nitrogen and oxygen atoms in total. The summed E-state index contributed by atoms with van der Waals surface area (Å²) in [6, 6.07) is 0. The fourth-order valence-electron chi connectivity index (χ4n) is 2.82. The molecule has 0 radical (unpaired) electrons. The van der Waals surface area contributed by atoms with Gasteiger partial charge in [0.15, 0.2) is 0 Å². The topological polar surface area (TPSA) is 74.6 Å². The number of aliphatic carboxylic acids is 2. The molecule has 0 fully saturated rings.